The fraction of sp³-hybridized carbons (Fsp3) is 0.462. The van der Waals surface area contributed by atoms with Crippen molar-refractivity contribution in [3.63, 3.8) is 0 Å². The van der Waals surface area contributed by atoms with Crippen LogP contribution in [0.25, 0.3) is 0 Å². The normalized spacial score (nSPS) is 26.2. The van der Waals surface area contributed by atoms with Crippen LogP contribution in [0.3, 0.4) is 0 Å². The van der Waals surface area contributed by atoms with Gasteiger partial charge in [0, 0.05) is 24.1 Å². The molecule has 0 aromatic heterocycles. The van der Waals surface area contributed by atoms with Crippen LogP contribution < -0.4 is 5.32 Å². The Morgan fingerprint density at radius 1 is 1.27 bits per heavy atom. The highest BCUT2D eigenvalue weighted by molar-refractivity contribution is 5.98. The van der Waals surface area contributed by atoms with E-state index in [1.807, 2.05) is 30.3 Å². The molecule has 1 aromatic rings. The molecule has 0 aliphatic carbocycles. The van der Waals surface area contributed by atoms with E-state index < -0.39 is 0 Å². The number of Topliss-reactive ketones (excluding diaryl/α,β-unsaturated/α-hetero) is 1. The monoisotopic (exact) mass is 203 g/mol. The zero-order valence-corrected chi connectivity index (χ0v) is 9.07. The average molecular weight is 203 g/mol. The van der Waals surface area contributed by atoms with E-state index in [9.17, 15) is 4.79 Å². The number of carbonyl (C=O) groups is 1. The molecule has 0 radical (unpaired) electrons. The average Bonchev–Trinajstić information content (AvgIpc) is 2.30. The van der Waals surface area contributed by atoms with Crippen LogP contribution in [0.2, 0.25) is 0 Å². The van der Waals surface area contributed by atoms with Crippen molar-refractivity contribution in [3.8, 4) is 0 Å². The second-order valence-corrected chi connectivity index (χ2v) is 4.31. The van der Waals surface area contributed by atoms with Crippen LogP contribution in [0, 0.1) is 5.92 Å². The third kappa shape index (κ3) is 2.45. The first kappa shape index (κ1) is 10.4. The van der Waals surface area contributed by atoms with Gasteiger partial charge in [0.2, 0.25) is 0 Å². The van der Waals surface area contributed by atoms with E-state index in [4.69, 9.17) is 0 Å². The lowest BCUT2D eigenvalue weighted by molar-refractivity contribution is 0.0891. The Kier molecular flexibility index (Phi) is 3.17. The zero-order valence-electron chi connectivity index (χ0n) is 9.07. The maximum absolute atomic E-state index is 12.1. The van der Waals surface area contributed by atoms with Crippen molar-refractivity contribution in [2.75, 3.05) is 6.54 Å². The molecule has 1 saturated heterocycles. The summed E-state index contributed by atoms with van der Waals surface area (Å²) >= 11 is 0. The van der Waals surface area contributed by atoms with E-state index in [1.165, 1.54) is 0 Å². The molecule has 2 unspecified atom stereocenters. The van der Waals surface area contributed by atoms with Crippen molar-refractivity contribution in [3.05, 3.63) is 35.9 Å². The predicted molar refractivity (Wildman–Crippen MR) is 61.0 cm³/mol. The molecule has 0 amide bonds. The summed E-state index contributed by atoms with van der Waals surface area (Å²) in [4.78, 5) is 12.1. The lowest BCUT2D eigenvalue weighted by atomic mass is 9.89. The molecule has 1 aromatic carbocycles. The Balaban J connectivity index is 2.03. The molecule has 2 nitrogen and oxygen atoms in total. The van der Waals surface area contributed by atoms with Crippen molar-refractivity contribution < 1.29 is 4.79 Å². The maximum Gasteiger partial charge on any atom is 0.167 e. The first-order valence-corrected chi connectivity index (χ1v) is 5.60. The first-order valence-electron chi connectivity index (χ1n) is 5.60. The van der Waals surface area contributed by atoms with Crippen LogP contribution in [0.4, 0.5) is 0 Å². The van der Waals surface area contributed by atoms with Gasteiger partial charge in [-0.05, 0) is 19.8 Å². The van der Waals surface area contributed by atoms with Crippen molar-refractivity contribution in [2.45, 2.75) is 25.8 Å². The molecule has 1 aliphatic rings. The van der Waals surface area contributed by atoms with E-state index in [0.717, 1.165) is 24.9 Å². The van der Waals surface area contributed by atoms with E-state index >= 15 is 0 Å². The second-order valence-electron chi connectivity index (χ2n) is 4.31. The van der Waals surface area contributed by atoms with Gasteiger partial charge in [0.05, 0.1) is 0 Å². The Morgan fingerprint density at radius 3 is 2.60 bits per heavy atom. The molecular formula is C13H17NO. The van der Waals surface area contributed by atoms with Crippen molar-refractivity contribution >= 4 is 5.78 Å². The van der Waals surface area contributed by atoms with Gasteiger partial charge in [-0.1, -0.05) is 30.3 Å². The molecule has 2 atom stereocenters. The fourth-order valence-electron chi connectivity index (χ4n) is 2.06. The number of ketones is 1. The molecule has 80 valence electrons. The topological polar surface area (TPSA) is 29.1 Å². The number of benzene rings is 1. The minimum absolute atomic E-state index is 0.170. The van der Waals surface area contributed by atoms with Crippen molar-refractivity contribution in [1.29, 1.82) is 0 Å². The van der Waals surface area contributed by atoms with Crippen molar-refractivity contribution in [1.82, 2.24) is 5.32 Å². The van der Waals surface area contributed by atoms with Gasteiger partial charge < -0.3 is 5.32 Å². The lowest BCUT2D eigenvalue weighted by Crippen LogP contribution is -2.39. The van der Waals surface area contributed by atoms with E-state index in [1.54, 1.807) is 0 Å². The van der Waals surface area contributed by atoms with Gasteiger partial charge in [0.1, 0.15) is 0 Å². The highest BCUT2D eigenvalue weighted by Gasteiger charge is 2.24. The summed E-state index contributed by atoms with van der Waals surface area (Å²) in [7, 11) is 0. The molecule has 0 bridgehead atoms. The smallest absolute Gasteiger partial charge is 0.167 e. The Labute approximate surface area is 90.7 Å². The largest absolute Gasteiger partial charge is 0.314 e. The van der Waals surface area contributed by atoms with Gasteiger partial charge in [-0.3, -0.25) is 4.79 Å². The molecule has 2 heteroatoms. The molecular weight excluding hydrogens is 186 g/mol. The molecule has 1 N–H and O–H groups in total. The second kappa shape index (κ2) is 4.58. The summed E-state index contributed by atoms with van der Waals surface area (Å²) in [6.45, 7) is 3.00. The summed E-state index contributed by atoms with van der Waals surface area (Å²) in [5.41, 5.74) is 0.846. The molecule has 1 aliphatic heterocycles. The predicted octanol–water partition coefficient (Wildman–Crippen LogP) is 2.26. The highest BCUT2D eigenvalue weighted by Crippen LogP contribution is 2.18. The lowest BCUT2D eigenvalue weighted by Gasteiger charge is -2.26. The quantitative estimate of drug-likeness (QED) is 0.747. The Bertz CT molecular complexity index is 326. The third-order valence-electron chi connectivity index (χ3n) is 3.09. The summed E-state index contributed by atoms with van der Waals surface area (Å²) < 4.78 is 0. The molecule has 15 heavy (non-hydrogen) atoms. The third-order valence-corrected chi connectivity index (χ3v) is 3.09. The zero-order chi connectivity index (χ0) is 10.7. The molecule has 0 saturated carbocycles. The summed E-state index contributed by atoms with van der Waals surface area (Å²) in [5, 5.41) is 3.36. The fourth-order valence-corrected chi connectivity index (χ4v) is 2.06. The van der Waals surface area contributed by atoms with Gasteiger partial charge in [0.15, 0.2) is 5.78 Å². The minimum atomic E-state index is 0.170. The van der Waals surface area contributed by atoms with E-state index in [-0.39, 0.29) is 11.7 Å². The summed E-state index contributed by atoms with van der Waals surface area (Å²) in [6, 6.07) is 10.2. The van der Waals surface area contributed by atoms with Crippen LogP contribution in [0.5, 0.6) is 0 Å². The summed E-state index contributed by atoms with van der Waals surface area (Å²) in [5.74, 6) is 0.457. The number of hydrogen-bond acceptors (Lipinski definition) is 2. The van der Waals surface area contributed by atoms with Crippen molar-refractivity contribution in [2.24, 2.45) is 5.92 Å². The van der Waals surface area contributed by atoms with Gasteiger partial charge in [-0.25, -0.2) is 0 Å². The van der Waals surface area contributed by atoms with Gasteiger partial charge in [0.25, 0.3) is 0 Å². The molecule has 1 fully saturated rings. The number of rotatable bonds is 2. The maximum atomic E-state index is 12.1. The Morgan fingerprint density at radius 2 is 2.00 bits per heavy atom. The van der Waals surface area contributed by atoms with Crippen LogP contribution in [0.1, 0.15) is 30.1 Å². The first-order chi connectivity index (χ1) is 7.27. The van der Waals surface area contributed by atoms with Crippen LogP contribution in [-0.4, -0.2) is 18.4 Å². The van der Waals surface area contributed by atoms with E-state index in [0.29, 0.717) is 6.04 Å². The number of piperidine rings is 1. The Hall–Kier alpha value is -1.15. The van der Waals surface area contributed by atoms with Gasteiger partial charge in [-0.15, -0.1) is 0 Å². The van der Waals surface area contributed by atoms with Gasteiger partial charge in [-0.2, -0.15) is 0 Å². The molecule has 2 rings (SSSR count). The van der Waals surface area contributed by atoms with Crippen LogP contribution in [0.15, 0.2) is 30.3 Å². The minimum Gasteiger partial charge on any atom is -0.314 e. The number of carbonyl (C=O) groups excluding carboxylic acids is 1. The van der Waals surface area contributed by atoms with Crippen LogP contribution >= 0.6 is 0 Å². The number of hydrogen-bond donors (Lipinski definition) is 1. The van der Waals surface area contributed by atoms with Gasteiger partial charge >= 0.3 is 0 Å². The van der Waals surface area contributed by atoms with E-state index in [2.05, 4.69) is 12.2 Å². The highest BCUT2D eigenvalue weighted by atomic mass is 16.1. The van der Waals surface area contributed by atoms with Crippen LogP contribution in [-0.2, 0) is 0 Å². The SMILES string of the molecule is CC1CCC(C(=O)c2ccccc2)CN1. The molecule has 0 spiro atoms. The molecule has 1 heterocycles. The standard InChI is InChI=1S/C13H17NO/c1-10-7-8-12(9-14-10)13(15)11-5-3-2-4-6-11/h2-6,10,12,14H,7-9H2,1H3. The number of nitrogens with one attached hydrogen (secondary N) is 1. The summed E-state index contributed by atoms with van der Waals surface area (Å²) in [6.07, 6.45) is 2.12.